The Balaban J connectivity index is 0.971. The van der Waals surface area contributed by atoms with E-state index in [1.807, 2.05) is 42.5 Å². The monoisotopic (exact) mass is 973 g/mol. The number of hydrogen-bond acceptors (Lipinski definition) is 10. The zero-order valence-corrected chi connectivity index (χ0v) is 40.2. The van der Waals surface area contributed by atoms with Crippen molar-refractivity contribution in [2.24, 2.45) is 11.8 Å². The fourth-order valence-electron chi connectivity index (χ4n) is 9.98. The highest BCUT2D eigenvalue weighted by Crippen LogP contribution is 2.48. The van der Waals surface area contributed by atoms with Crippen LogP contribution < -0.4 is 15.4 Å². The summed E-state index contributed by atoms with van der Waals surface area (Å²) < 4.78 is 50.1. The summed E-state index contributed by atoms with van der Waals surface area (Å²) >= 11 is 1.66. The Bertz CT molecular complexity index is 3110. The molecule has 0 radical (unpaired) electrons. The van der Waals surface area contributed by atoms with Crippen LogP contribution in [0.3, 0.4) is 0 Å². The molecule has 0 aliphatic carbocycles. The van der Waals surface area contributed by atoms with Crippen molar-refractivity contribution in [1.82, 2.24) is 44.9 Å². The van der Waals surface area contributed by atoms with Crippen LogP contribution in [0, 0.1) is 11.8 Å². The van der Waals surface area contributed by atoms with Gasteiger partial charge in [-0.2, -0.15) is 0 Å². The van der Waals surface area contributed by atoms with Crippen LogP contribution in [0.5, 0.6) is 5.75 Å². The molecule has 7 aromatic rings. The highest BCUT2D eigenvalue weighted by molar-refractivity contribution is 7.19. The second kappa shape index (κ2) is 18.6. The van der Waals surface area contributed by atoms with Gasteiger partial charge in [0.1, 0.15) is 41.8 Å². The fraction of sp³-hybridized carbons (Fsp3) is 0.373. The molecule has 10 rings (SSSR count). The van der Waals surface area contributed by atoms with Crippen LogP contribution in [0.4, 0.5) is 18.4 Å². The van der Waals surface area contributed by atoms with E-state index in [9.17, 15) is 19.2 Å². The molecule has 4 aromatic heterocycles. The molecule has 3 aliphatic heterocycles. The van der Waals surface area contributed by atoms with Crippen molar-refractivity contribution in [3.05, 3.63) is 102 Å². The van der Waals surface area contributed by atoms with Gasteiger partial charge in [0.05, 0.1) is 79.3 Å². The first-order valence-corrected chi connectivity index (χ1v) is 24.1. The summed E-state index contributed by atoms with van der Waals surface area (Å²) in [5.74, 6) is 0.144. The minimum Gasteiger partial charge on any atom is -0.464 e. The van der Waals surface area contributed by atoms with E-state index in [4.69, 9.17) is 14.2 Å². The standard InChI is InChI=1S/C51H53F2N9O7S/c1-25(2)43(58-50(65)67-5)47(63)60-23-31(52)19-38(60)45-54-21-34(56-45)27-12-14-36-30(15-27)16-37-33-13-11-28(17-40(33)69-49(62(36)37)42-18-29-9-7-8-10-41(29)70-42)35-22-55-46(57-35)39-20-32(53)24-61(39)48(64)44(26(3)4)59-51(66)68-6/h7-18,21-22,25-26,31-32,38-39,43-44,49H,19-20,23-24H2,1-6H3,(H,54,56)(H,55,57)(H,58,65)(H,59,66)/t31-,32-,38+,39+,43+,44+,49?/m1/s1. The maximum absolute atomic E-state index is 15.1. The second-order valence-corrected chi connectivity index (χ2v) is 19.9. The van der Waals surface area contributed by atoms with Crippen LogP contribution in [-0.4, -0.2) is 110 Å². The highest BCUT2D eigenvalue weighted by atomic mass is 32.1. The van der Waals surface area contributed by atoms with Crippen LogP contribution in [0.2, 0.25) is 0 Å². The van der Waals surface area contributed by atoms with Gasteiger partial charge in [-0.1, -0.05) is 58.0 Å². The first-order valence-electron chi connectivity index (χ1n) is 23.3. The Morgan fingerprint density at radius 1 is 0.729 bits per heavy atom. The molecule has 3 aromatic carbocycles. The average molecular weight is 974 g/mol. The van der Waals surface area contributed by atoms with E-state index in [0.29, 0.717) is 28.8 Å². The van der Waals surface area contributed by atoms with Gasteiger partial charge in [0.2, 0.25) is 18.0 Å². The molecule has 19 heteroatoms. The van der Waals surface area contributed by atoms with Gasteiger partial charge in [-0.25, -0.2) is 28.3 Å². The van der Waals surface area contributed by atoms with Crippen molar-refractivity contribution in [1.29, 1.82) is 0 Å². The summed E-state index contributed by atoms with van der Waals surface area (Å²) in [7, 11) is 2.45. The Hall–Kier alpha value is -7.28. The van der Waals surface area contributed by atoms with Crippen LogP contribution in [0.15, 0.2) is 85.2 Å². The van der Waals surface area contributed by atoms with Crippen LogP contribution in [0.25, 0.3) is 54.8 Å². The number of likely N-dealkylation sites (tertiary alicyclic amines) is 2. The van der Waals surface area contributed by atoms with Gasteiger partial charge in [0.15, 0.2) is 0 Å². The molecule has 7 heterocycles. The topological polar surface area (TPSA) is 189 Å². The Morgan fingerprint density at radius 3 is 1.84 bits per heavy atom. The van der Waals surface area contributed by atoms with Crippen LogP contribution in [-0.2, 0) is 19.1 Å². The summed E-state index contributed by atoms with van der Waals surface area (Å²) in [5.41, 5.74) is 5.68. The number of alkyl halides is 2. The van der Waals surface area contributed by atoms with Gasteiger partial charge in [-0.15, -0.1) is 11.3 Å². The number of ether oxygens (including phenoxy) is 3. The van der Waals surface area contributed by atoms with E-state index < -0.39 is 66.7 Å². The van der Waals surface area contributed by atoms with Crippen LogP contribution in [0.1, 0.15) is 75.4 Å². The molecular formula is C51H53F2N9O7S. The normalized spacial score (nSPS) is 20.6. The lowest BCUT2D eigenvalue weighted by Gasteiger charge is -2.30. The van der Waals surface area contributed by atoms with Crippen molar-refractivity contribution in [3.8, 4) is 39.5 Å². The van der Waals surface area contributed by atoms with Gasteiger partial charge in [-0.3, -0.25) is 14.2 Å². The average Bonchev–Trinajstić information content (AvgIpc) is 4.22. The van der Waals surface area contributed by atoms with Crippen molar-refractivity contribution >= 4 is 56.3 Å². The number of carbonyl (C=O) groups is 4. The number of amides is 4. The number of rotatable bonds is 11. The lowest BCUT2D eigenvalue weighted by Crippen LogP contribution is -2.51. The number of methoxy groups -OCH3 is 2. The third-order valence-electron chi connectivity index (χ3n) is 13.6. The molecule has 0 spiro atoms. The van der Waals surface area contributed by atoms with Gasteiger partial charge < -0.3 is 44.6 Å². The number of fused-ring (bicyclic) bond motifs is 6. The smallest absolute Gasteiger partial charge is 0.407 e. The minimum absolute atomic E-state index is 0.0514. The maximum atomic E-state index is 15.1. The lowest BCUT2D eigenvalue weighted by molar-refractivity contribution is -0.136. The second-order valence-electron chi connectivity index (χ2n) is 18.8. The number of nitrogens with one attached hydrogen (secondary N) is 4. The van der Waals surface area contributed by atoms with E-state index in [1.54, 1.807) is 51.4 Å². The number of thiophene rings is 1. The molecule has 0 bridgehead atoms. The number of benzene rings is 3. The molecule has 7 atom stereocenters. The largest absolute Gasteiger partial charge is 0.464 e. The number of alkyl carbamates (subject to hydrolysis) is 2. The van der Waals surface area contributed by atoms with E-state index in [-0.39, 0.29) is 37.8 Å². The predicted octanol–water partition coefficient (Wildman–Crippen LogP) is 9.23. The van der Waals surface area contributed by atoms with Gasteiger partial charge in [-0.05, 0) is 59.7 Å². The fourth-order valence-corrected chi connectivity index (χ4v) is 11.1. The van der Waals surface area contributed by atoms with E-state index in [1.165, 1.54) is 24.0 Å². The Morgan fingerprint density at radius 2 is 1.29 bits per heavy atom. The molecule has 16 nitrogen and oxygen atoms in total. The molecule has 364 valence electrons. The molecule has 4 amide bonds. The Labute approximate surface area is 405 Å². The number of aromatic amines is 2. The van der Waals surface area contributed by atoms with Crippen molar-refractivity contribution in [3.63, 3.8) is 0 Å². The number of halogens is 2. The molecular weight excluding hydrogens is 921 g/mol. The van der Waals surface area contributed by atoms with E-state index >= 15 is 8.78 Å². The third-order valence-corrected chi connectivity index (χ3v) is 14.7. The number of imidazole rings is 2. The van der Waals surface area contributed by atoms with Crippen molar-refractivity contribution in [2.45, 2.75) is 83.3 Å². The number of carbonyl (C=O) groups excluding carboxylic acids is 4. The molecule has 70 heavy (non-hydrogen) atoms. The number of nitrogens with zero attached hydrogens (tertiary/aromatic N) is 5. The molecule has 2 fully saturated rings. The highest BCUT2D eigenvalue weighted by Gasteiger charge is 2.43. The first-order chi connectivity index (χ1) is 33.7. The summed E-state index contributed by atoms with van der Waals surface area (Å²) in [5, 5.41) is 7.25. The Kier molecular flexibility index (Phi) is 12.3. The lowest BCUT2D eigenvalue weighted by atomic mass is 10.0. The van der Waals surface area contributed by atoms with Crippen LogP contribution >= 0.6 is 11.3 Å². The minimum atomic E-state index is -1.27. The number of H-pyrrole nitrogens is 2. The van der Waals surface area contributed by atoms with E-state index in [0.717, 1.165) is 48.3 Å². The summed E-state index contributed by atoms with van der Waals surface area (Å²) in [4.78, 5) is 71.8. The SMILES string of the molecule is COC(=O)N[C@H](C(=O)N1C[C@H](F)C[C@H]1c1ncc(-c2ccc3c(c2)OC(c2cc4ccccc4s2)n2c-3cc3cc(-c4cnc([C@@H]5C[C@@H](F)CN5C(=O)[C@@H](NC(=O)OC)C(C)C)[nH]4)ccc32)[nH]1)C(C)C. The van der Waals surface area contributed by atoms with Crippen molar-refractivity contribution in [2.75, 3.05) is 27.3 Å². The van der Waals surface area contributed by atoms with E-state index in [2.05, 4.69) is 65.5 Å². The summed E-state index contributed by atoms with van der Waals surface area (Å²) in [6.45, 7) is 6.97. The first kappa shape index (κ1) is 46.4. The quantitative estimate of drug-likeness (QED) is 0.0980. The number of hydrogen-bond donors (Lipinski definition) is 4. The van der Waals surface area contributed by atoms with Gasteiger partial charge >= 0.3 is 12.2 Å². The molecule has 4 N–H and O–H groups in total. The number of aromatic nitrogens is 5. The summed E-state index contributed by atoms with van der Waals surface area (Å²) in [6, 6.07) is 21.4. The van der Waals surface area contributed by atoms with Gasteiger partial charge in [0, 0.05) is 39.6 Å². The zero-order chi connectivity index (χ0) is 49.1. The molecule has 3 aliphatic rings. The predicted molar refractivity (Wildman–Crippen MR) is 259 cm³/mol. The molecule has 2 saturated heterocycles. The van der Waals surface area contributed by atoms with Gasteiger partial charge in [0.25, 0.3) is 0 Å². The molecule has 1 unspecified atom stereocenters. The molecule has 0 saturated carbocycles. The third kappa shape index (κ3) is 8.49. The maximum Gasteiger partial charge on any atom is 0.407 e. The zero-order valence-electron chi connectivity index (χ0n) is 39.4. The van der Waals surface area contributed by atoms with Crippen molar-refractivity contribution < 1.29 is 42.2 Å². The summed E-state index contributed by atoms with van der Waals surface area (Å²) in [6.07, 6.45) is -1.08.